The maximum atomic E-state index is 5.39. The van der Waals surface area contributed by atoms with Gasteiger partial charge < -0.3 is 10.1 Å². The molecule has 0 aliphatic heterocycles. The average molecular weight is 233 g/mol. The maximum absolute atomic E-state index is 5.39. The molecule has 0 aliphatic rings. The Morgan fingerprint density at radius 1 is 1.41 bits per heavy atom. The van der Waals surface area contributed by atoms with Gasteiger partial charge in [-0.1, -0.05) is 29.3 Å². The largest absolute Gasteiger partial charge is 0.496 e. The molecule has 17 heavy (non-hydrogen) atoms. The zero-order chi connectivity index (χ0) is 12.7. The van der Waals surface area contributed by atoms with Gasteiger partial charge in [-0.25, -0.2) is 0 Å². The van der Waals surface area contributed by atoms with Gasteiger partial charge in [-0.2, -0.15) is 0 Å². The van der Waals surface area contributed by atoms with Gasteiger partial charge in [-0.05, 0) is 51.9 Å². The first-order valence-electron chi connectivity index (χ1n) is 6.11. The van der Waals surface area contributed by atoms with Crippen LogP contribution >= 0.6 is 0 Å². The first kappa shape index (κ1) is 13.8. The lowest BCUT2D eigenvalue weighted by Gasteiger charge is -2.10. The molecule has 0 saturated heterocycles. The molecule has 2 heteroatoms. The SMILES string of the molecule is CNCCC=C(C)Cc1cc(C)ccc1OC. The average Bonchev–Trinajstić information content (AvgIpc) is 2.29. The summed E-state index contributed by atoms with van der Waals surface area (Å²) in [4.78, 5) is 0. The number of methoxy groups -OCH3 is 1. The van der Waals surface area contributed by atoms with Crippen LogP contribution in [0.2, 0.25) is 0 Å². The molecule has 0 aromatic heterocycles. The van der Waals surface area contributed by atoms with Crippen LogP contribution in [-0.4, -0.2) is 20.7 Å². The molecule has 0 aliphatic carbocycles. The molecule has 0 atom stereocenters. The Morgan fingerprint density at radius 3 is 2.82 bits per heavy atom. The highest BCUT2D eigenvalue weighted by atomic mass is 16.5. The second kappa shape index (κ2) is 7.13. The van der Waals surface area contributed by atoms with Crippen molar-refractivity contribution in [2.24, 2.45) is 0 Å². The van der Waals surface area contributed by atoms with E-state index in [2.05, 4.69) is 37.4 Å². The van der Waals surface area contributed by atoms with E-state index < -0.39 is 0 Å². The highest BCUT2D eigenvalue weighted by Gasteiger charge is 2.03. The van der Waals surface area contributed by atoms with Gasteiger partial charge >= 0.3 is 0 Å². The van der Waals surface area contributed by atoms with Crippen molar-refractivity contribution in [3.05, 3.63) is 41.0 Å². The second-order valence-electron chi connectivity index (χ2n) is 4.43. The van der Waals surface area contributed by atoms with E-state index >= 15 is 0 Å². The Hall–Kier alpha value is -1.28. The molecule has 1 N–H and O–H groups in total. The van der Waals surface area contributed by atoms with E-state index in [1.807, 2.05) is 13.1 Å². The molecule has 0 fully saturated rings. The molecule has 1 aromatic rings. The van der Waals surface area contributed by atoms with Gasteiger partial charge in [0.2, 0.25) is 0 Å². The molecule has 94 valence electrons. The zero-order valence-corrected chi connectivity index (χ0v) is 11.3. The normalized spacial score (nSPS) is 11.6. The molecule has 0 amide bonds. The first-order chi connectivity index (χ1) is 8.17. The van der Waals surface area contributed by atoms with Crippen LogP contribution in [0, 0.1) is 6.92 Å². The molecule has 0 bridgehead atoms. The molecule has 1 aromatic carbocycles. The molecule has 0 unspecified atom stereocenters. The van der Waals surface area contributed by atoms with Crippen LogP contribution in [0.4, 0.5) is 0 Å². The van der Waals surface area contributed by atoms with E-state index in [1.165, 1.54) is 16.7 Å². The zero-order valence-electron chi connectivity index (χ0n) is 11.3. The predicted molar refractivity (Wildman–Crippen MR) is 73.7 cm³/mol. The molecule has 1 rings (SSSR count). The monoisotopic (exact) mass is 233 g/mol. The third-order valence-corrected chi connectivity index (χ3v) is 2.79. The number of allylic oxidation sites excluding steroid dienone is 1. The van der Waals surface area contributed by atoms with Crippen LogP contribution in [-0.2, 0) is 6.42 Å². The van der Waals surface area contributed by atoms with Crippen molar-refractivity contribution < 1.29 is 4.74 Å². The number of hydrogen-bond acceptors (Lipinski definition) is 2. The Bertz CT molecular complexity index is 383. The highest BCUT2D eigenvalue weighted by molar-refractivity contribution is 5.39. The highest BCUT2D eigenvalue weighted by Crippen LogP contribution is 2.22. The number of rotatable bonds is 6. The first-order valence-corrected chi connectivity index (χ1v) is 6.11. The number of hydrogen-bond donors (Lipinski definition) is 1. The van der Waals surface area contributed by atoms with Crippen molar-refractivity contribution in [2.45, 2.75) is 26.7 Å². The molecule has 0 radical (unpaired) electrons. The van der Waals surface area contributed by atoms with Gasteiger partial charge in [0.25, 0.3) is 0 Å². The summed E-state index contributed by atoms with van der Waals surface area (Å²) < 4.78 is 5.39. The summed E-state index contributed by atoms with van der Waals surface area (Å²) in [6, 6.07) is 6.34. The summed E-state index contributed by atoms with van der Waals surface area (Å²) in [5.74, 6) is 0.983. The molecule has 0 spiro atoms. The fourth-order valence-electron chi connectivity index (χ4n) is 1.88. The summed E-state index contributed by atoms with van der Waals surface area (Å²) in [6.45, 7) is 5.32. The predicted octanol–water partition coefficient (Wildman–Crippen LogP) is 3.10. The van der Waals surface area contributed by atoms with Crippen LogP contribution in [0.15, 0.2) is 29.8 Å². The topological polar surface area (TPSA) is 21.3 Å². The fraction of sp³-hybridized carbons (Fsp3) is 0.467. The van der Waals surface area contributed by atoms with Crippen molar-refractivity contribution in [2.75, 3.05) is 20.7 Å². The number of ether oxygens (including phenoxy) is 1. The van der Waals surface area contributed by atoms with Crippen molar-refractivity contribution >= 4 is 0 Å². The van der Waals surface area contributed by atoms with E-state index in [1.54, 1.807) is 7.11 Å². The minimum atomic E-state index is 0.967. The Kier molecular flexibility index (Phi) is 5.78. The lowest BCUT2D eigenvalue weighted by atomic mass is 10.0. The number of nitrogens with one attached hydrogen (secondary N) is 1. The second-order valence-corrected chi connectivity index (χ2v) is 4.43. The lowest BCUT2D eigenvalue weighted by molar-refractivity contribution is 0.410. The fourth-order valence-corrected chi connectivity index (χ4v) is 1.88. The van der Waals surface area contributed by atoms with E-state index in [0.29, 0.717) is 0 Å². The molecular weight excluding hydrogens is 210 g/mol. The van der Waals surface area contributed by atoms with Gasteiger partial charge in [0.1, 0.15) is 5.75 Å². The molecular formula is C15H23NO. The van der Waals surface area contributed by atoms with Gasteiger partial charge in [0.05, 0.1) is 7.11 Å². The minimum absolute atomic E-state index is 0.967. The number of benzene rings is 1. The summed E-state index contributed by atoms with van der Waals surface area (Å²) in [5.41, 5.74) is 3.94. The van der Waals surface area contributed by atoms with E-state index in [4.69, 9.17) is 4.74 Å². The summed E-state index contributed by atoms with van der Waals surface area (Å²) in [7, 11) is 3.71. The Morgan fingerprint density at radius 2 is 2.18 bits per heavy atom. The van der Waals surface area contributed by atoms with Gasteiger partial charge in [-0.15, -0.1) is 0 Å². The Balaban J connectivity index is 2.72. The minimum Gasteiger partial charge on any atom is -0.496 e. The van der Waals surface area contributed by atoms with Gasteiger partial charge in [0.15, 0.2) is 0 Å². The van der Waals surface area contributed by atoms with Gasteiger partial charge in [0, 0.05) is 0 Å². The molecule has 0 heterocycles. The smallest absolute Gasteiger partial charge is 0.122 e. The van der Waals surface area contributed by atoms with Crippen molar-refractivity contribution in [3.8, 4) is 5.75 Å². The molecule has 0 saturated carbocycles. The van der Waals surface area contributed by atoms with Crippen molar-refractivity contribution in [1.29, 1.82) is 0 Å². The van der Waals surface area contributed by atoms with Crippen LogP contribution < -0.4 is 10.1 Å². The van der Waals surface area contributed by atoms with Crippen molar-refractivity contribution in [1.82, 2.24) is 5.32 Å². The van der Waals surface area contributed by atoms with E-state index in [-0.39, 0.29) is 0 Å². The van der Waals surface area contributed by atoms with Crippen LogP contribution in [0.1, 0.15) is 24.5 Å². The summed E-state index contributed by atoms with van der Waals surface area (Å²) in [5, 5.41) is 3.15. The summed E-state index contributed by atoms with van der Waals surface area (Å²) >= 11 is 0. The van der Waals surface area contributed by atoms with Crippen LogP contribution in [0.5, 0.6) is 5.75 Å². The van der Waals surface area contributed by atoms with Crippen LogP contribution in [0.25, 0.3) is 0 Å². The summed E-state index contributed by atoms with van der Waals surface area (Å²) in [6.07, 6.45) is 4.34. The van der Waals surface area contributed by atoms with Gasteiger partial charge in [-0.3, -0.25) is 0 Å². The lowest BCUT2D eigenvalue weighted by Crippen LogP contribution is -2.06. The molecule has 2 nitrogen and oxygen atoms in total. The third kappa shape index (κ3) is 4.61. The van der Waals surface area contributed by atoms with Crippen molar-refractivity contribution in [3.63, 3.8) is 0 Å². The standard InChI is InChI=1S/C15H23NO/c1-12(6-5-9-16-3)10-14-11-13(2)7-8-15(14)17-4/h6-8,11,16H,5,9-10H2,1-4H3. The quantitative estimate of drug-likeness (QED) is 0.602. The maximum Gasteiger partial charge on any atom is 0.122 e. The van der Waals surface area contributed by atoms with E-state index in [9.17, 15) is 0 Å². The third-order valence-electron chi connectivity index (χ3n) is 2.79. The van der Waals surface area contributed by atoms with Crippen LogP contribution in [0.3, 0.4) is 0 Å². The number of aryl methyl sites for hydroxylation is 1. The Labute approximate surface area is 105 Å². The van der Waals surface area contributed by atoms with E-state index in [0.717, 1.165) is 25.1 Å².